The van der Waals surface area contributed by atoms with Crippen molar-refractivity contribution in [3.05, 3.63) is 0 Å². The number of hydrogen-bond acceptors (Lipinski definition) is 7. The minimum absolute atomic E-state index is 0.247. The molecular weight excluding hydrogens is 258 g/mol. The van der Waals surface area contributed by atoms with E-state index in [0.717, 1.165) is 0 Å². The van der Waals surface area contributed by atoms with E-state index in [2.05, 4.69) is 0 Å². The van der Waals surface area contributed by atoms with Crippen LogP contribution >= 0.6 is 0 Å². The Balaban J connectivity index is 1.57. The molecule has 0 radical (unpaired) electrons. The Hall–Kier alpha value is -0.770. The largest absolute Gasteiger partial charge is 0.355 e. The van der Waals surface area contributed by atoms with E-state index in [-0.39, 0.29) is 12.6 Å². The SMILES string of the molecule is CC1(C)O[C@H]2O[C@@H]3CN4C(=O)C(O)(O)[C@@H]4O[C@@H]3[C@H]2O1. The molecule has 4 aliphatic rings. The Bertz CT molecular complexity index is 450. The Labute approximate surface area is 108 Å². The molecule has 4 rings (SSSR count). The average Bonchev–Trinajstić information content (AvgIpc) is 2.78. The average molecular weight is 273 g/mol. The molecule has 0 aromatic rings. The third-order valence-corrected chi connectivity index (χ3v) is 3.95. The summed E-state index contributed by atoms with van der Waals surface area (Å²) >= 11 is 0. The van der Waals surface area contributed by atoms with Crippen LogP contribution in [0.4, 0.5) is 0 Å². The van der Waals surface area contributed by atoms with Crippen LogP contribution in [0.5, 0.6) is 0 Å². The number of carbonyl (C=O) groups excluding carboxylic acids is 1. The van der Waals surface area contributed by atoms with Gasteiger partial charge in [0.05, 0.1) is 6.54 Å². The Morgan fingerprint density at radius 2 is 1.95 bits per heavy atom. The molecule has 8 nitrogen and oxygen atoms in total. The van der Waals surface area contributed by atoms with Crippen molar-refractivity contribution in [3.8, 4) is 0 Å². The molecule has 0 spiro atoms. The first kappa shape index (κ1) is 12.0. The Kier molecular flexibility index (Phi) is 2.07. The van der Waals surface area contributed by atoms with Gasteiger partial charge in [-0.25, -0.2) is 0 Å². The summed E-state index contributed by atoms with van der Waals surface area (Å²) in [5.74, 6) is -3.97. The van der Waals surface area contributed by atoms with Crippen molar-refractivity contribution in [2.45, 2.75) is 56.3 Å². The van der Waals surface area contributed by atoms with E-state index >= 15 is 0 Å². The van der Waals surface area contributed by atoms with Gasteiger partial charge in [-0.15, -0.1) is 0 Å². The smallest absolute Gasteiger partial charge is 0.291 e. The molecule has 106 valence electrons. The molecule has 4 aliphatic heterocycles. The monoisotopic (exact) mass is 273 g/mol. The molecule has 1 amide bonds. The summed E-state index contributed by atoms with van der Waals surface area (Å²) in [6, 6.07) is 0. The van der Waals surface area contributed by atoms with Gasteiger partial charge in [-0.2, -0.15) is 0 Å². The van der Waals surface area contributed by atoms with E-state index in [1.54, 1.807) is 13.8 Å². The highest BCUT2D eigenvalue weighted by atomic mass is 16.8. The predicted molar refractivity (Wildman–Crippen MR) is 56.2 cm³/mol. The number of ether oxygens (including phenoxy) is 4. The third-order valence-electron chi connectivity index (χ3n) is 3.95. The molecule has 2 N–H and O–H groups in total. The first-order valence-electron chi connectivity index (χ1n) is 6.22. The molecule has 0 saturated carbocycles. The van der Waals surface area contributed by atoms with Gasteiger partial charge in [0.15, 0.2) is 18.3 Å². The van der Waals surface area contributed by atoms with Crippen LogP contribution in [0.2, 0.25) is 0 Å². The van der Waals surface area contributed by atoms with Gasteiger partial charge in [0.25, 0.3) is 11.7 Å². The predicted octanol–water partition coefficient (Wildman–Crippen LogP) is -1.89. The van der Waals surface area contributed by atoms with Crippen LogP contribution < -0.4 is 0 Å². The third kappa shape index (κ3) is 1.41. The molecule has 0 aliphatic carbocycles. The van der Waals surface area contributed by atoms with Gasteiger partial charge >= 0.3 is 0 Å². The topological polar surface area (TPSA) is 97.7 Å². The van der Waals surface area contributed by atoms with Gasteiger partial charge in [-0.3, -0.25) is 4.79 Å². The normalized spacial score (nSPS) is 49.4. The van der Waals surface area contributed by atoms with E-state index < -0.39 is 42.2 Å². The van der Waals surface area contributed by atoms with Gasteiger partial charge in [-0.05, 0) is 13.8 Å². The lowest BCUT2D eigenvalue weighted by atomic mass is 9.97. The maximum atomic E-state index is 11.5. The van der Waals surface area contributed by atoms with Crippen LogP contribution in [-0.2, 0) is 23.7 Å². The second-order valence-corrected chi connectivity index (χ2v) is 5.78. The van der Waals surface area contributed by atoms with Crippen LogP contribution in [0.25, 0.3) is 0 Å². The molecule has 0 aromatic heterocycles. The standard InChI is InChI=1S/C11H15NO7/c1-10(2)18-6-5-4(16-7(6)19-10)3-12-8(13)11(14,15)9(12)17-5/h4-7,9,14-15H,3H2,1-2H3/t4-,5+,6-,7-,9+/m1/s1. The molecule has 4 fully saturated rings. The molecule has 0 unspecified atom stereocenters. The first-order valence-corrected chi connectivity index (χ1v) is 6.22. The quantitative estimate of drug-likeness (QED) is 0.393. The number of hydrogen-bond donors (Lipinski definition) is 2. The summed E-state index contributed by atoms with van der Waals surface area (Å²) in [6.07, 6.45) is -2.88. The van der Waals surface area contributed by atoms with E-state index in [4.69, 9.17) is 18.9 Å². The van der Waals surface area contributed by atoms with Crippen LogP contribution in [0.3, 0.4) is 0 Å². The number of rotatable bonds is 0. The molecule has 5 atom stereocenters. The molecular formula is C11H15NO7. The summed E-state index contributed by atoms with van der Waals surface area (Å²) in [4.78, 5) is 12.7. The van der Waals surface area contributed by atoms with Crippen molar-refractivity contribution in [3.63, 3.8) is 0 Å². The molecule has 19 heavy (non-hydrogen) atoms. The first-order chi connectivity index (χ1) is 8.79. The summed E-state index contributed by atoms with van der Waals surface area (Å²) in [5, 5.41) is 19.1. The maximum absolute atomic E-state index is 11.5. The highest BCUT2D eigenvalue weighted by Crippen LogP contribution is 2.44. The van der Waals surface area contributed by atoms with Crippen molar-refractivity contribution in [1.29, 1.82) is 0 Å². The minimum atomic E-state index is -2.45. The van der Waals surface area contributed by atoms with Crippen molar-refractivity contribution in [2.24, 2.45) is 0 Å². The minimum Gasteiger partial charge on any atom is -0.355 e. The maximum Gasteiger partial charge on any atom is 0.291 e. The van der Waals surface area contributed by atoms with Gasteiger partial charge in [0.2, 0.25) is 0 Å². The van der Waals surface area contributed by atoms with Crippen molar-refractivity contribution in [1.82, 2.24) is 4.90 Å². The second kappa shape index (κ2) is 3.27. The fourth-order valence-corrected chi connectivity index (χ4v) is 3.12. The lowest BCUT2D eigenvalue weighted by molar-refractivity contribution is -0.353. The lowest BCUT2D eigenvalue weighted by Gasteiger charge is -2.53. The summed E-state index contributed by atoms with van der Waals surface area (Å²) in [7, 11) is 0. The number of fused-ring (bicyclic) bond motifs is 4. The van der Waals surface area contributed by atoms with E-state index in [0.29, 0.717) is 0 Å². The van der Waals surface area contributed by atoms with E-state index in [1.807, 2.05) is 0 Å². The lowest BCUT2D eigenvalue weighted by Crippen LogP contribution is -2.79. The van der Waals surface area contributed by atoms with Crippen LogP contribution in [-0.4, -0.2) is 70.0 Å². The van der Waals surface area contributed by atoms with Gasteiger partial charge in [-0.1, -0.05) is 0 Å². The summed E-state index contributed by atoms with van der Waals surface area (Å²) in [6.45, 7) is 3.79. The van der Waals surface area contributed by atoms with Gasteiger partial charge in [0, 0.05) is 0 Å². The van der Waals surface area contributed by atoms with Crippen molar-refractivity contribution in [2.75, 3.05) is 6.54 Å². The fourth-order valence-electron chi connectivity index (χ4n) is 3.12. The van der Waals surface area contributed by atoms with Gasteiger partial charge < -0.3 is 34.1 Å². The summed E-state index contributed by atoms with van der Waals surface area (Å²) in [5.41, 5.74) is 0. The molecule has 0 bridgehead atoms. The number of aliphatic hydroxyl groups is 2. The van der Waals surface area contributed by atoms with Crippen LogP contribution in [0, 0.1) is 0 Å². The number of nitrogens with zero attached hydrogens (tertiary/aromatic N) is 1. The Morgan fingerprint density at radius 3 is 2.68 bits per heavy atom. The number of β-lactam (4-membered cyclic amide) rings is 1. The second-order valence-electron chi connectivity index (χ2n) is 5.78. The highest BCUT2D eigenvalue weighted by molar-refractivity contribution is 5.90. The van der Waals surface area contributed by atoms with E-state index in [1.165, 1.54) is 4.90 Å². The number of carbonyl (C=O) groups is 1. The van der Waals surface area contributed by atoms with Crippen LogP contribution in [0.15, 0.2) is 0 Å². The molecule has 8 heteroatoms. The summed E-state index contributed by atoms with van der Waals surface area (Å²) < 4.78 is 22.5. The zero-order valence-electron chi connectivity index (χ0n) is 10.5. The molecule has 4 heterocycles. The van der Waals surface area contributed by atoms with Gasteiger partial charge in [0.1, 0.15) is 18.3 Å². The Morgan fingerprint density at radius 1 is 1.21 bits per heavy atom. The molecule has 4 saturated heterocycles. The number of amides is 1. The van der Waals surface area contributed by atoms with Crippen molar-refractivity contribution >= 4 is 5.91 Å². The van der Waals surface area contributed by atoms with Crippen molar-refractivity contribution < 1.29 is 34.0 Å². The fraction of sp³-hybridized carbons (Fsp3) is 0.909. The zero-order chi connectivity index (χ0) is 13.6. The highest BCUT2D eigenvalue weighted by Gasteiger charge is 2.68. The van der Waals surface area contributed by atoms with Crippen LogP contribution in [0.1, 0.15) is 13.8 Å². The molecule has 0 aromatic carbocycles. The van der Waals surface area contributed by atoms with E-state index in [9.17, 15) is 15.0 Å². The zero-order valence-corrected chi connectivity index (χ0v) is 10.5.